The molecule has 1 fully saturated rings. The number of nitrogens with two attached hydrogens (primary N) is 1. The van der Waals surface area contributed by atoms with Gasteiger partial charge in [0.25, 0.3) is 0 Å². The quantitative estimate of drug-likeness (QED) is 0.855. The van der Waals surface area contributed by atoms with Crippen LogP contribution < -0.4 is 5.73 Å². The van der Waals surface area contributed by atoms with Gasteiger partial charge in [0, 0.05) is 11.9 Å². The highest BCUT2D eigenvalue weighted by molar-refractivity contribution is 7.09. The van der Waals surface area contributed by atoms with Gasteiger partial charge >= 0.3 is 0 Å². The first-order chi connectivity index (χ1) is 7.69. The van der Waals surface area contributed by atoms with E-state index in [2.05, 4.69) is 4.98 Å². The maximum Gasteiger partial charge on any atom is 0.167 e. The van der Waals surface area contributed by atoms with Crippen molar-refractivity contribution in [2.45, 2.75) is 38.4 Å². The Kier molecular flexibility index (Phi) is 3.68. The molecule has 0 bridgehead atoms. The Morgan fingerprint density at radius 2 is 2.50 bits per heavy atom. The highest BCUT2D eigenvalue weighted by Crippen LogP contribution is 2.21. The zero-order chi connectivity index (χ0) is 11.5. The largest absolute Gasteiger partial charge is 0.366 e. The van der Waals surface area contributed by atoms with E-state index < -0.39 is 0 Å². The van der Waals surface area contributed by atoms with Crippen LogP contribution in [0.4, 0.5) is 0 Å². The standard InChI is InChI=1S/C11H16N2O2S/c1-7-13-8(6-16-7)4-10(14)11-3-2-9(5-12)15-11/h6,9,11H,2-5,12H2,1H3. The lowest BCUT2D eigenvalue weighted by Crippen LogP contribution is -2.26. The predicted octanol–water partition coefficient (Wildman–Crippen LogP) is 1.07. The van der Waals surface area contributed by atoms with Crippen molar-refractivity contribution in [2.24, 2.45) is 5.73 Å². The second-order valence-electron chi connectivity index (χ2n) is 4.06. The first-order valence-electron chi connectivity index (χ1n) is 5.48. The Labute approximate surface area is 98.8 Å². The fourth-order valence-corrected chi connectivity index (χ4v) is 2.51. The summed E-state index contributed by atoms with van der Waals surface area (Å²) in [5, 5.41) is 2.93. The lowest BCUT2D eigenvalue weighted by Gasteiger charge is -2.10. The van der Waals surface area contributed by atoms with Crippen LogP contribution in [0.3, 0.4) is 0 Å². The van der Waals surface area contributed by atoms with E-state index in [1.54, 1.807) is 11.3 Å². The third-order valence-corrected chi connectivity index (χ3v) is 3.57. The average Bonchev–Trinajstić information content (AvgIpc) is 2.87. The van der Waals surface area contributed by atoms with Crippen LogP contribution in [0.1, 0.15) is 23.5 Å². The third-order valence-electron chi connectivity index (χ3n) is 2.75. The number of aryl methyl sites for hydroxylation is 1. The Morgan fingerprint density at radius 1 is 1.69 bits per heavy atom. The minimum absolute atomic E-state index is 0.0612. The zero-order valence-corrected chi connectivity index (χ0v) is 10.1. The molecule has 1 aromatic rings. The summed E-state index contributed by atoms with van der Waals surface area (Å²) in [5.41, 5.74) is 6.36. The van der Waals surface area contributed by atoms with Gasteiger partial charge in [-0.3, -0.25) is 4.79 Å². The molecule has 2 atom stereocenters. The van der Waals surface area contributed by atoms with Crippen molar-refractivity contribution in [1.29, 1.82) is 0 Å². The molecule has 0 aromatic carbocycles. The second kappa shape index (κ2) is 5.03. The number of ketones is 1. The van der Waals surface area contributed by atoms with Crippen LogP contribution >= 0.6 is 11.3 Å². The van der Waals surface area contributed by atoms with Gasteiger partial charge in [-0.1, -0.05) is 0 Å². The highest BCUT2D eigenvalue weighted by atomic mass is 32.1. The summed E-state index contributed by atoms with van der Waals surface area (Å²) in [7, 11) is 0. The molecule has 2 N–H and O–H groups in total. The van der Waals surface area contributed by atoms with Crippen molar-refractivity contribution in [3.05, 3.63) is 16.1 Å². The van der Waals surface area contributed by atoms with Crippen molar-refractivity contribution in [3.8, 4) is 0 Å². The second-order valence-corrected chi connectivity index (χ2v) is 5.12. The number of aromatic nitrogens is 1. The van der Waals surface area contributed by atoms with Gasteiger partial charge in [-0.2, -0.15) is 0 Å². The van der Waals surface area contributed by atoms with Crippen molar-refractivity contribution in [3.63, 3.8) is 0 Å². The minimum Gasteiger partial charge on any atom is -0.366 e. The summed E-state index contributed by atoms with van der Waals surface area (Å²) < 4.78 is 5.55. The highest BCUT2D eigenvalue weighted by Gasteiger charge is 2.29. The fraction of sp³-hybridized carbons (Fsp3) is 0.636. The first kappa shape index (κ1) is 11.7. The first-order valence-corrected chi connectivity index (χ1v) is 6.36. The number of hydrogen-bond acceptors (Lipinski definition) is 5. The molecule has 1 aromatic heterocycles. The number of carbonyl (C=O) groups is 1. The molecular weight excluding hydrogens is 224 g/mol. The Morgan fingerprint density at radius 3 is 3.06 bits per heavy atom. The molecule has 0 radical (unpaired) electrons. The normalized spacial score (nSPS) is 24.9. The monoisotopic (exact) mass is 240 g/mol. The molecular formula is C11H16N2O2S. The summed E-state index contributed by atoms with van der Waals surface area (Å²) in [6.45, 7) is 2.44. The number of nitrogens with zero attached hydrogens (tertiary/aromatic N) is 1. The summed E-state index contributed by atoms with van der Waals surface area (Å²) in [4.78, 5) is 16.2. The van der Waals surface area contributed by atoms with Crippen molar-refractivity contribution in [2.75, 3.05) is 6.54 Å². The molecule has 0 amide bonds. The number of rotatable bonds is 4. The maximum atomic E-state index is 11.9. The van der Waals surface area contributed by atoms with E-state index in [1.807, 2.05) is 12.3 Å². The van der Waals surface area contributed by atoms with Gasteiger partial charge in [-0.15, -0.1) is 11.3 Å². The minimum atomic E-state index is -0.268. The van der Waals surface area contributed by atoms with Gasteiger partial charge in [0.05, 0.1) is 23.2 Å². The van der Waals surface area contributed by atoms with Crippen LogP contribution in [0.2, 0.25) is 0 Å². The van der Waals surface area contributed by atoms with E-state index in [4.69, 9.17) is 10.5 Å². The Hall–Kier alpha value is -0.780. The van der Waals surface area contributed by atoms with E-state index in [9.17, 15) is 4.79 Å². The summed E-state index contributed by atoms with van der Waals surface area (Å²) >= 11 is 1.57. The molecule has 5 heteroatoms. The molecule has 0 saturated carbocycles. The molecule has 88 valence electrons. The summed E-state index contributed by atoms with van der Waals surface area (Å²) in [6.07, 6.45) is 1.86. The van der Waals surface area contributed by atoms with Gasteiger partial charge in [-0.05, 0) is 19.8 Å². The molecule has 16 heavy (non-hydrogen) atoms. The number of carbonyl (C=O) groups excluding carboxylic acids is 1. The van der Waals surface area contributed by atoms with E-state index in [0.29, 0.717) is 13.0 Å². The molecule has 2 unspecified atom stereocenters. The van der Waals surface area contributed by atoms with Crippen LogP contribution in [0.5, 0.6) is 0 Å². The van der Waals surface area contributed by atoms with Gasteiger partial charge in [0.1, 0.15) is 6.10 Å². The van der Waals surface area contributed by atoms with E-state index >= 15 is 0 Å². The SMILES string of the molecule is Cc1nc(CC(=O)C2CCC(CN)O2)cs1. The molecule has 0 aliphatic carbocycles. The number of hydrogen-bond donors (Lipinski definition) is 1. The Bertz CT molecular complexity index is 378. The molecule has 2 heterocycles. The van der Waals surface area contributed by atoms with Gasteiger partial charge in [0.15, 0.2) is 5.78 Å². The molecule has 1 aliphatic rings. The predicted molar refractivity (Wildman–Crippen MR) is 62.5 cm³/mol. The van der Waals surface area contributed by atoms with Crippen molar-refractivity contribution in [1.82, 2.24) is 4.98 Å². The summed E-state index contributed by atoms with van der Waals surface area (Å²) in [5.74, 6) is 0.126. The molecule has 1 saturated heterocycles. The third kappa shape index (κ3) is 2.66. The smallest absolute Gasteiger partial charge is 0.167 e. The van der Waals surface area contributed by atoms with E-state index in [1.165, 1.54) is 0 Å². The number of ether oxygens (including phenoxy) is 1. The van der Waals surface area contributed by atoms with Gasteiger partial charge in [0.2, 0.25) is 0 Å². The number of thiazole rings is 1. The topological polar surface area (TPSA) is 65.2 Å². The average molecular weight is 240 g/mol. The van der Waals surface area contributed by atoms with Gasteiger partial charge < -0.3 is 10.5 Å². The summed E-state index contributed by atoms with van der Waals surface area (Å²) in [6, 6.07) is 0. The lowest BCUT2D eigenvalue weighted by molar-refractivity contribution is -0.128. The van der Waals surface area contributed by atoms with E-state index in [-0.39, 0.29) is 18.0 Å². The van der Waals surface area contributed by atoms with Crippen LogP contribution in [0, 0.1) is 6.92 Å². The zero-order valence-electron chi connectivity index (χ0n) is 9.31. The molecule has 1 aliphatic heterocycles. The van der Waals surface area contributed by atoms with Crippen molar-refractivity contribution >= 4 is 17.1 Å². The number of Topliss-reactive ketones (excluding diaryl/α,β-unsaturated/α-hetero) is 1. The lowest BCUT2D eigenvalue weighted by atomic mass is 10.1. The van der Waals surface area contributed by atoms with Crippen LogP contribution in [-0.4, -0.2) is 29.5 Å². The fourth-order valence-electron chi connectivity index (χ4n) is 1.90. The Balaban J connectivity index is 1.89. The van der Waals surface area contributed by atoms with Crippen LogP contribution in [0.25, 0.3) is 0 Å². The van der Waals surface area contributed by atoms with Crippen molar-refractivity contribution < 1.29 is 9.53 Å². The van der Waals surface area contributed by atoms with Crippen LogP contribution in [0.15, 0.2) is 5.38 Å². The van der Waals surface area contributed by atoms with Crippen LogP contribution in [-0.2, 0) is 16.0 Å². The maximum absolute atomic E-state index is 11.9. The van der Waals surface area contributed by atoms with Gasteiger partial charge in [-0.25, -0.2) is 4.98 Å². The molecule has 4 nitrogen and oxygen atoms in total. The van der Waals surface area contributed by atoms with E-state index in [0.717, 1.165) is 23.5 Å². The molecule has 0 spiro atoms. The molecule has 2 rings (SSSR count).